The number of amides is 1. The van der Waals surface area contributed by atoms with Crippen LogP contribution in [0.4, 0.5) is 0 Å². The summed E-state index contributed by atoms with van der Waals surface area (Å²) in [4.78, 5) is 14.3. The number of carbonyl (C=O) groups is 1. The molecule has 1 aliphatic heterocycles. The van der Waals surface area contributed by atoms with Crippen molar-refractivity contribution in [1.29, 1.82) is 0 Å². The van der Waals surface area contributed by atoms with Crippen LogP contribution < -0.4 is 0 Å². The average Bonchev–Trinajstić information content (AvgIpc) is 2.59. The van der Waals surface area contributed by atoms with Gasteiger partial charge in [-0.05, 0) is 37.8 Å². The summed E-state index contributed by atoms with van der Waals surface area (Å²) < 4.78 is 5.29. The molecule has 0 radical (unpaired) electrons. The highest BCUT2D eigenvalue weighted by atomic mass is 16.5. The normalized spacial score (nSPS) is 16.1. The Balaban J connectivity index is 2.20. The number of fused-ring (bicyclic) bond motifs is 1. The van der Waals surface area contributed by atoms with Gasteiger partial charge in [0, 0.05) is 20.2 Å². The Morgan fingerprint density at radius 1 is 1.28 bits per heavy atom. The van der Waals surface area contributed by atoms with Gasteiger partial charge in [0.1, 0.15) is 5.60 Å². The fourth-order valence-electron chi connectivity index (χ4n) is 2.34. The maximum absolute atomic E-state index is 12.4. The lowest BCUT2D eigenvalue weighted by molar-refractivity contribution is -0.151. The molecular formula is C15H21NO2. The number of ether oxygens (including phenoxy) is 1. The Morgan fingerprint density at radius 2 is 1.94 bits per heavy atom. The molecule has 0 atom stereocenters. The van der Waals surface area contributed by atoms with Gasteiger partial charge in [0.15, 0.2) is 0 Å². The van der Waals surface area contributed by atoms with E-state index < -0.39 is 5.60 Å². The number of benzene rings is 1. The summed E-state index contributed by atoms with van der Waals surface area (Å²) in [6, 6.07) is 8.37. The molecule has 0 N–H and O–H groups in total. The summed E-state index contributed by atoms with van der Waals surface area (Å²) in [7, 11) is 1.59. The highest BCUT2D eigenvalue weighted by Gasteiger charge is 2.32. The van der Waals surface area contributed by atoms with E-state index in [1.54, 1.807) is 7.11 Å². The number of hydrogen-bond donors (Lipinski definition) is 0. The summed E-state index contributed by atoms with van der Waals surface area (Å²) in [6.07, 6.45) is 2.07. The summed E-state index contributed by atoms with van der Waals surface area (Å²) in [5.74, 6) is 0.0710. The number of hydrogen-bond acceptors (Lipinski definition) is 2. The van der Waals surface area contributed by atoms with Crippen LogP contribution in [0.1, 0.15) is 31.4 Å². The van der Waals surface area contributed by atoms with Crippen LogP contribution >= 0.6 is 0 Å². The molecule has 0 fully saturated rings. The van der Waals surface area contributed by atoms with E-state index in [0.717, 1.165) is 19.4 Å². The average molecular weight is 247 g/mol. The molecule has 0 unspecified atom stereocenters. The van der Waals surface area contributed by atoms with Crippen LogP contribution in [0.25, 0.3) is 0 Å². The highest BCUT2D eigenvalue weighted by Crippen LogP contribution is 2.21. The van der Waals surface area contributed by atoms with Crippen LogP contribution in [0.3, 0.4) is 0 Å². The first-order valence-corrected chi connectivity index (χ1v) is 6.46. The van der Waals surface area contributed by atoms with Crippen molar-refractivity contribution in [2.24, 2.45) is 0 Å². The summed E-state index contributed by atoms with van der Waals surface area (Å²) in [5, 5.41) is 0. The minimum atomic E-state index is -0.737. The Bertz CT molecular complexity index is 440. The lowest BCUT2D eigenvalue weighted by Crippen LogP contribution is -2.46. The van der Waals surface area contributed by atoms with Crippen molar-refractivity contribution in [2.75, 3.05) is 13.7 Å². The van der Waals surface area contributed by atoms with Gasteiger partial charge in [-0.25, -0.2) is 0 Å². The lowest BCUT2D eigenvalue weighted by atomic mass is 10.0. The van der Waals surface area contributed by atoms with Crippen LogP contribution in [-0.4, -0.2) is 30.1 Å². The van der Waals surface area contributed by atoms with E-state index in [4.69, 9.17) is 4.74 Å². The molecule has 0 spiro atoms. The van der Waals surface area contributed by atoms with Crippen molar-refractivity contribution in [3.05, 3.63) is 35.4 Å². The van der Waals surface area contributed by atoms with Crippen LogP contribution in [0.5, 0.6) is 0 Å². The van der Waals surface area contributed by atoms with Gasteiger partial charge < -0.3 is 9.64 Å². The molecule has 0 aliphatic carbocycles. The Morgan fingerprint density at radius 3 is 2.61 bits per heavy atom. The van der Waals surface area contributed by atoms with E-state index in [1.807, 2.05) is 24.8 Å². The molecule has 3 nitrogen and oxygen atoms in total. The predicted molar refractivity (Wildman–Crippen MR) is 71.3 cm³/mol. The quantitative estimate of drug-likeness (QED) is 0.803. The second kappa shape index (κ2) is 5.11. The van der Waals surface area contributed by atoms with Gasteiger partial charge in [-0.3, -0.25) is 4.79 Å². The van der Waals surface area contributed by atoms with Crippen LogP contribution in [0.2, 0.25) is 0 Å². The summed E-state index contributed by atoms with van der Waals surface area (Å²) >= 11 is 0. The lowest BCUT2D eigenvalue weighted by Gasteiger charge is -2.30. The van der Waals surface area contributed by atoms with Crippen LogP contribution in [0, 0.1) is 0 Å². The first kappa shape index (κ1) is 13.1. The third kappa shape index (κ3) is 2.56. The topological polar surface area (TPSA) is 29.5 Å². The zero-order chi connectivity index (χ0) is 13.2. The molecule has 1 aromatic carbocycles. The molecule has 0 aromatic heterocycles. The van der Waals surface area contributed by atoms with Crippen LogP contribution in [0.15, 0.2) is 24.3 Å². The fraction of sp³-hybridized carbons (Fsp3) is 0.533. The maximum atomic E-state index is 12.4. The van der Waals surface area contributed by atoms with E-state index >= 15 is 0 Å². The van der Waals surface area contributed by atoms with E-state index in [2.05, 4.69) is 18.2 Å². The molecule has 1 aromatic rings. The van der Waals surface area contributed by atoms with E-state index in [0.29, 0.717) is 6.54 Å². The zero-order valence-electron chi connectivity index (χ0n) is 11.4. The molecule has 0 bridgehead atoms. The second-order valence-electron chi connectivity index (χ2n) is 5.31. The Labute approximate surface area is 109 Å². The summed E-state index contributed by atoms with van der Waals surface area (Å²) in [6.45, 7) is 5.15. The monoisotopic (exact) mass is 247 g/mol. The fourth-order valence-corrected chi connectivity index (χ4v) is 2.34. The maximum Gasteiger partial charge on any atom is 0.254 e. The summed E-state index contributed by atoms with van der Waals surface area (Å²) in [5.41, 5.74) is 1.89. The van der Waals surface area contributed by atoms with Crippen LogP contribution in [-0.2, 0) is 22.5 Å². The molecule has 1 heterocycles. The minimum absolute atomic E-state index is 0.0710. The van der Waals surface area contributed by atoms with E-state index in [1.165, 1.54) is 11.1 Å². The van der Waals surface area contributed by atoms with Gasteiger partial charge in [-0.1, -0.05) is 24.3 Å². The van der Waals surface area contributed by atoms with Crippen molar-refractivity contribution >= 4 is 5.91 Å². The van der Waals surface area contributed by atoms with Gasteiger partial charge >= 0.3 is 0 Å². The molecule has 0 saturated carbocycles. The molecule has 0 saturated heterocycles. The molecule has 18 heavy (non-hydrogen) atoms. The molecule has 2 rings (SSSR count). The van der Waals surface area contributed by atoms with Gasteiger partial charge in [-0.2, -0.15) is 0 Å². The Kier molecular flexibility index (Phi) is 3.71. The van der Waals surface area contributed by atoms with Crippen molar-refractivity contribution in [3.63, 3.8) is 0 Å². The minimum Gasteiger partial charge on any atom is -0.369 e. The number of aryl methyl sites for hydroxylation is 1. The highest BCUT2D eigenvalue weighted by molar-refractivity contribution is 5.84. The van der Waals surface area contributed by atoms with Gasteiger partial charge in [-0.15, -0.1) is 0 Å². The van der Waals surface area contributed by atoms with Crippen molar-refractivity contribution in [2.45, 2.75) is 38.8 Å². The predicted octanol–water partition coefficient (Wildman–Crippen LogP) is 2.39. The van der Waals surface area contributed by atoms with Crippen molar-refractivity contribution in [3.8, 4) is 0 Å². The molecule has 98 valence electrons. The molecular weight excluding hydrogens is 226 g/mol. The third-order valence-electron chi connectivity index (χ3n) is 3.67. The molecule has 3 heteroatoms. The van der Waals surface area contributed by atoms with Gasteiger partial charge in [0.2, 0.25) is 0 Å². The van der Waals surface area contributed by atoms with Crippen molar-refractivity contribution < 1.29 is 9.53 Å². The number of nitrogens with zero attached hydrogens (tertiary/aromatic N) is 1. The molecule has 1 amide bonds. The van der Waals surface area contributed by atoms with Gasteiger partial charge in [0.05, 0.1) is 0 Å². The first-order chi connectivity index (χ1) is 8.54. The smallest absolute Gasteiger partial charge is 0.254 e. The number of carbonyl (C=O) groups excluding carboxylic acids is 1. The standard InChI is InChI=1S/C15H21NO2/c1-15(2,18-3)14(17)16-10-6-9-12-7-4-5-8-13(12)11-16/h4-5,7-8H,6,9-11H2,1-3H3. The van der Waals surface area contributed by atoms with E-state index in [9.17, 15) is 4.79 Å². The third-order valence-corrected chi connectivity index (χ3v) is 3.67. The number of rotatable bonds is 2. The first-order valence-electron chi connectivity index (χ1n) is 6.46. The number of methoxy groups -OCH3 is 1. The zero-order valence-corrected chi connectivity index (χ0v) is 11.4. The second-order valence-corrected chi connectivity index (χ2v) is 5.31. The van der Waals surface area contributed by atoms with Crippen molar-refractivity contribution in [1.82, 2.24) is 4.90 Å². The SMILES string of the molecule is COC(C)(C)C(=O)N1CCCc2ccccc2C1. The largest absolute Gasteiger partial charge is 0.369 e. The Hall–Kier alpha value is -1.35. The van der Waals surface area contributed by atoms with Gasteiger partial charge in [0.25, 0.3) is 5.91 Å². The van der Waals surface area contributed by atoms with E-state index in [-0.39, 0.29) is 5.91 Å². The molecule has 1 aliphatic rings.